The van der Waals surface area contributed by atoms with E-state index in [0.717, 1.165) is 5.56 Å². The van der Waals surface area contributed by atoms with Gasteiger partial charge in [-0.3, -0.25) is 0 Å². The summed E-state index contributed by atoms with van der Waals surface area (Å²) >= 11 is 1.75. The van der Waals surface area contributed by atoms with Crippen molar-refractivity contribution in [2.24, 2.45) is 5.92 Å². The first-order valence-electron chi connectivity index (χ1n) is 4.93. The Bertz CT molecular complexity index is 330. The van der Waals surface area contributed by atoms with E-state index in [-0.39, 0.29) is 5.76 Å². The van der Waals surface area contributed by atoms with Gasteiger partial charge in [0, 0.05) is 16.6 Å². The number of aromatic carboxylic acids is 1. The van der Waals surface area contributed by atoms with E-state index >= 15 is 0 Å². The van der Waals surface area contributed by atoms with E-state index in [1.807, 2.05) is 0 Å². The van der Waals surface area contributed by atoms with E-state index in [4.69, 9.17) is 9.52 Å². The topological polar surface area (TPSA) is 50.4 Å². The van der Waals surface area contributed by atoms with Gasteiger partial charge in [0.25, 0.3) is 0 Å². The van der Waals surface area contributed by atoms with Crippen molar-refractivity contribution >= 4 is 17.7 Å². The number of carboxylic acids is 1. The summed E-state index contributed by atoms with van der Waals surface area (Å²) in [7, 11) is 0. The van der Waals surface area contributed by atoms with Crippen LogP contribution >= 0.6 is 11.8 Å². The standard InChI is InChI=1S/C11H16O3S/c1-7(2)8(3)15-6-9-4-5-14-10(9)11(12)13/h4-5,7-8H,6H2,1-3H3,(H,12,13). The molecule has 4 heteroatoms. The van der Waals surface area contributed by atoms with E-state index in [1.165, 1.54) is 6.26 Å². The molecule has 1 unspecified atom stereocenters. The molecule has 1 heterocycles. The van der Waals surface area contributed by atoms with Gasteiger partial charge in [-0.1, -0.05) is 20.8 Å². The summed E-state index contributed by atoms with van der Waals surface area (Å²) in [4.78, 5) is 10.8. The molecule has 0 amide bonds. The van der Waals surface area contributed by atoms with Crippen molar-refractivity contribution in [3.05, 3.63) is 23.7 Å². The Labute approximate surface area is 93.9 Å². The van der Waals surface area contributed by atoms with Gasteiger partial charge in [-0.2, -0.15) is 11.8 Å². The summed E-state index contributed by atoms with van der Waals surface area (Å²) in [5.74, 6) is 0.360. The van der Waals surface area contributed by atoms with E-state index < -0.39 is 5.97 Å². The quantitative estimate of drug-likeness (QED) is 0.840. The lowest BCUT2D eigenvalue weighted by molar-refractivity contribution is 0.0661. The number of rotatable bonds is 5. The van der Waals surface area contributed by atoms with Gasteiger partial charge >= 0.3 is 5.97 Å². The van der Waals surface area contributed by atoms with Crippen molar-refractivity contribution in [1.82, 2.24) is 0 Å². The maximum absolute atomic E-state index is 10.8. The first-order valence-corrected chi connectivity index (χ1v) is 5.98. The predicted molar refractivity (Wildman–Crippen MR) is 61.3 cm³/mol. The van der Waals surface area contributed by atoms with Crippen LogP contribution in [0.15, 0.2) is 16.7 Å². The minimum atomic E-state index is -0.993. The highest BCUT2D eigenvalue weighted by atomic mass is 32.2. The van der Waals surface area contributed by atoms with Gasteiger partial charge < -0.3 is 9.52 Å². The average Bonchev–Trinajstić information content (AvgIpc) is 2.61. The fourth-order valence-corrected chi connectivity index (χ4v) is 2.11. The van der Waals surface area contributed by atoms with Crippen LogP contribution in [0, 0.1) is 5.92 Å². The smallest absolute Gasteiger partial charge is 0.372 e. The lowest BCUT2D eigenvalue weighted by Crippen LogP contribution is -2.06. The Kier molecular flexibility index (Phi) is 4.27. The third-order valence-corrected chi connectivity index (χ3v) is 3.93. The van der Waals surface area contributed by atoms with Crippen LogP contribution in [0.1, 0.15) is 36.9 Å². The fraction of sp³-hybridized carbons (Fsp3) is 0.545. The van der Waals surface area contributed by atoms with Crippen LogP contribution in [-0.2, 0) is 5.75 Å². The molecule has 0 saturated carbocycles. The Morgan fingerprint density at radius 3 is 2.73 bits per heavy atom. The van der Waals surface area contributed by atoms with E-state index in [2.05, 4.69) is 20.8 Å². The molecular weight excluding hydrogens is 212 g/mol. The maximum Gasteiger partial charge on any atom is 0.372 e. The van der Waals surface area contributed by atoms with Crippen molar-refractivity contribution in [2.75, 3.05) is 0 Å². The molecule has 0 aliphatic heterocycles. The third-order valence-electron chi connectivity index (χ3n) is 2.38. The predicted octanol–water partition coefficient (Wildman–Crippen LogP) is 3.26. The molecule has 1 aromatic heterocycles. The molecule has 0 aliphatic rings. The molecule has 84 valence electrons. The minimum absolute atomic E-state index is 0.0680. The highest BCUT2D eigenvalue weighted by Gasteiger charge is 2.15. The lowest BCUT2D eigenvalue weighted by Gasteiger charge is -2.14. The van der Waals surface area contributed by atoms with E-state index in [0.29, 0.717) is 16.9 Å². The van der Waals surface area contributed by atoms with Crippen LogP contribution in [0.25, 0.3) is 0 Å². The Morgan fingerprint density at radius 2 is 2.20 bits per heavy atom. The SMILES string of the molecule is CC(C)C(C)SCc1ccoc1C(=O)O. The molecule has 1 aromatic rings. The normalized spacial score (nSPS) is 13.1. The van der Waals surface area contributed by atoms with Gasteiger partial charge in [0.05, 0.1) is 6.26 Å². The van der Waals surface area contributed by atoms with Crippen LogP contribution < -0.4 is 0 Å². The maximum atomic E-state index is 10.8. The van der Waals surface area contributed by atoms with Crippen molar-refractivity contribution < 1.29 is 14.3 Å². The number of furan rings is 1. The molecule has 15 heavy (non-hydrogen) atoms. The summed E-state index contributed by atoms with van der Waals surface area (Å²) in [6, 6.07) is 1.73. The Morgan fingerprint density at radius 1 is 1.53 bits per heavy atom. The molecule has 0 bridgehead atoms. The molecule has 0 aliphatic carbocycles. The van der Waals surface area contributed by atoms with Crippen LogP contribution in [0.2, 0.25) is 0 Å². The second-order valence-corrected chi connectivity index (χ2v) is 5.21. The monoisotopic (exact) mass is 228 g/mol. The third kappa shape index (κ3) is 3.30. The zero-order valence-electron chi connectivity index (χ0n) is 9.19. The molecule has 3 nitrogen and oxygen atoms in total. The molecule has 0 aromatic carbocycles. The Hall–Kier alpha value is -0.900. The van der Waals surface area contributed by atoms with Crippen LogP contribution in [0.4, 0.5) is 0 Å². The average molecular weight is 228 g/mol. The first kappa shape index (κ1) is 12.2. The van der Waals surface area contributed by atoms with E-state index in [1.54, 1.807) is 17.8 Å². The highest BCUT2D eigenvalue weighted by molar-refractivity contribution is 7.99. The summed E-state index contributed by atoms with van der Waals surface area (Å²) in [5.41, 5.74) is 0.764. The molecule has 1 rings (SSSR count). The molecule has 0 spiro atoms. The van der Waals surface area contributed by atoms with Gasteiger partial charge in [-0.15, -0.1) is 0 Å². The number of carbonyl (C=O) groups is 1. The largest absolute Gasteiger partial charge is 0.475 e. The molecule has 0 radical (unpaired) electrons. The van der Waals surface area contributed by atoms with Crippen LogP contribution in [-0.4, -0.2) is 16.3 Å². The zero-order chi connectivity index (χ0) is 11.4. The number of hydrogen-bond acceptors (Lipinski definition) is 3. The summed E-state index contributed by atoms with van der Waals surface area (Å²) in [6.45, 7) is 6.46. The number of thioether (sulfide) groups is 1. The van der Waals surface area contributed by atoms with Crippen molar-refractivity contribution in [1.29, 1.82) is 0 Å². The lowest BCUT2D eigenvalue weighted by atomic mass is 10.2. The van der Waals surface area contributed by atoms with Crippen molar-refractivity contribution in [3.63, 3.8) is 0 Å². The molecule has 1 N–H and O–H groups in total. The zero-order valence-corrected chi connectivity index (χ0v) is 10.0. The number of carboxylic acid groups (broad SMARTS) is 1. The second kappa shape index (κ2) is 5.26. The van der Waals surface area contributed by atoms with E-state index in [9.17, 15) is 4.79 Å². The van der Waals surface area contributed by atoms with Crippen LogP contribution in [0.3, 0.4) is 0 Å². The minimum Gasteiger partial charge on any atom is -0.475 e. The Balaban J connectivity index is 2.58. The van der Waals surface area contributed by atoms with Crippen molar-refractivity contribution in [3.8, 4) is 0 Å². The van der Waals surface area contributed by atoms with Gasteiger partial charge in [0.2, 0.25) is 5.76 Å². The number of hydrogen-bond donors (Lipinski definition) is 1. The van der Waals surface area contributed by atoms with Crippen LogP contribution in [0.5, 0.6) is 0 Å². The highest BCUT2D eigenvalue weighted by Crippen LogP contribution is 2.25. The van der Waals surface area contributed by atoms with Gasteiger partial charge in [-0.25, -0.2) is 4.79 Å². The fourth-order valence-electron chi connectivity index (χ4n) is 1.05. The molecule has 1 atom stereocenters. The molecular formula is C11H16O3S. The second-order valence-electron chi connectivity index (χ2n) is 3.84. The van der Waals surface area contributed by atoms with Gasteiger partial charge in [-0.05, 0) is 12.0 Å². The molecule has 0 fully saturated rings. The summed E-state index contributed by atoms with van der Waals surface area (Å²) in [6.07, 6.45) is 1.43. The van der Waals surface area contributed by atoms with Crippen molar-refractivity contribution in [2.45, 2.75) is 31.8 Å². The first-order chi connectivity index (χ1) is 7.02. The summed E-state index contributed by atoms with van der Waals surface area (Å²) in [5, 5.41) is 9.34. The van der Waals surface area contributed by atoms with Gasteiger partial charge in [0.15, 0.2) is 0 Å². The molecule has 0 saturated heterocycles. The van der Waals surface area contributed by atoms with Gasteiger partial charge in [0.1, 0.15) is 0 Å². The summed E-state index contributed by atoms with van der Waals surface area (Å²) < 4.78 is 4.91.